The van der Waals surface area contributed by atoms with Gasteiger partial charge < -0.3 is 16.0 Å². The molecule has 0 saturated heterocycles. The minimum Gasteiger partial charge on any atom is -0.351 e. The SMILES string of the molecule is Cl.O=C(CNC(=O)Cc1cccc2ccccc12)NCC1=CCNCC1. The number of amides is 2. The highest BCUT2D eigenvalue weighted by Gasteiger charge is 2.09. The van der Waals surface area contributed by atoms with Gasteiger partial charge in [-0.25, -0.2) is 0 Å². The van der Waals surface area contributed by atoms with Crippen LogP contribution in [0.2, 0.25) is 0 Å². The van der Waals surface area contributed by atoms with E-state index in [9.17, 15) is 9.59 Å². The predicted octanol–water partition coefficient (Wildman–Crippen LogP) is 1.96. The first kappa shape index (κ1) is 19.9. The van der Waals surface area contributed by atoms with Crippen LogP contribution in [0.5, 0.6) is 0 Å². The highest BCUT2D eigenvalue weighted by Crippen LogP contribution is 2.18. The standard InChI is InChI=1S/C20H23N3O2.ClH/c24-19(12-17-6-3-5-16-4-1-2-7-18(16)17)23-14-20(25)22-13-15-8-10-21-11-9-15;/h1-8,21H,9-14H2,(H,22,25)(H,23,24);1H. The summed E-state index contributed by atoms with van der Waals surface area (Å²) in [7, 11) is 0. The molecule has 1 aliphatic heterocycles. The van der Waals surface area contributed by atoms with E-state index in [1.54, 1.807) is 0 Å². The first-order valence-electron chi connectivity index (χ1n) is 8.61. The number of hydrogen-bond donors (Lipinski definition) is 3. The first-order valence-corrected chi connectivity index (χ1v) is 8.61. The molecule has 2 aromatic carbocycles. The molecule has 0 atom stereocenters. The fourth-order valence-electron chi connectivity index (χ4n) is 2.97. The Morgan fingerprint density at radius 2 is 1.81 bits per heavy atom. The summed E-state index contributed by atoms with van der Waals surface area (Å²) in [5.74, 6) is -0.307. The van der Waals surface area contributed by atoms with Crippen LogP contribution >= 0.6 is 12.4 Å². The molecule has 138 valence electrons. The summed E-state index contributed by atoms with van der Waals surface area (Å²) in [5, 5.41) is 11.0. The number of nitrogens with one attached hydrogen (secondary N) is 3. The van der Waals surface area contributed by atoms with Crippen LogP contribution in [0.1, 0.15) is 12.0 Å². The maximum Gasteiger partial charge on any atom is 0.239 e. The summed E-state index contributed by atoms with van der Waals surface area (Å²) in [4.78, 5) is 24.0. The van der Waals surface area contributed by atoms with E-state index in [1.165, 1.54) is 5.57 Å². The van der Waals surface area contributed by atoms with E-state index in [4.69, 9.17) is 0 Å². The molecule has 6 heteroatoms. The third kappa shape index (κ3) is 5.58. The Morgan fingerprint density at radius 3 is 2.62 bits per heavy atom. The molecule has 0 radical (unpaired) electrons. The van der Waals surface area contributed by atoms with Gasteiger partial charge in [-0.05, 0) is 29.3 Å². The van der Waals surface area contributed by atoms with Crippen molar-refractivity contribution >= 4 is 35.0 Å². The lowest BCUT2D eigenvalue weighted by atomic mass is 10.0. The molecule has 0 spiro atoms. The molecule has 1 heterocycles. The van der Waals surface area contributed by atoms with E-state index < -0.39 is 0 Å². The molecule has 0 saturated carbocycles. The molecule has 2 amide bonds. The molecule has 26 heavy (non-hydrogen) atoms. The van der Waals surface area contributed by atoms with Crippen LogP contribution < -0.4 is 16.0 Å². The summed E-state index contributed by atoms with van der Waals surface area (Å²) in [6.07, 6.45) is 3.32. The van der Waals surface area contributed by atoms with Gasteiger partial charge in [0.1, 0.15) is 0 Å². The van der Waals surface area contributed by atoms with E-state index in [0.717, 1.165) is 35.8 Å². The first-order chi connectivity index (χ1) is 12.2. The van der Waals surface area contributed by atoms with Crippen molar-refractivity contribution in [3.8, 4) is 0 Å². The van der Waals surface area contributed by atoms with Crippen LogP contribution in [0.4, 0.5) is 0 Å². The molecule has 0 bridgehead atoms. The van der Waals surface area contributed by atoms with Crippen molar-refractivity contribution in [1.29, 1.82) is 0 Å². The van der Waals surface area contributed by atoms with Crippen molar-refractivity contribution in [2.75, 3.05) is 26.2 Å². The zero-order valence-corrected chi connectivity index (χ0v) is 15.4. The lowest BCUT2D eigenvalue weighted by molar-refractivity contribution is -0.125. The second kappa shape index (κ2) is 9.94. The van der Waals surface area contributed by atoms with Crippen LogP contribution in [-0.4, -0.2) is 38.0 Å². The van der Waals surface area contributed by atoms with E-state index in [2.05, 4.69) is 22.0 Å². The molecule has 3 N–H and O–H groups in total. The monoisotopic (exact) mass is 373 g/mol. The minimum atomic E-state index is -0.161. The van der Waals surface area contributed by atoms with E-state index in [-0.39, 0.29) is 37.2 Å². The van der Waals surface area contributed by atoms with Crippen molar-refractivity contribution < 1.29 is 9.59 Å². The number of fused-ring (bicyclic) bond motifs is 1. The number of halogens is 1. The molecular weight excluding hydrogens is 350 g/mol. The van der Waals surface area contributed by atoms with Crippen molar-refractivity contribution in [2.45, 2.75) is 12.8 Å². The maximum absolute atomic E-state index is 12.2. The van der Waals surface area contributed by atoms with Gasteiger partial charge in [0, 0.05) is 13.1 Å². The van der Waals surface area contributed by atoms with Gasteiger partial charge >= 0.3 is 0 Å². The Hall–Kier alpha value is -2.37. The van der Waals surface area contributed by atoms with Crippen LogP contribution in [-0.2, 0) is 16.0 Å². The highest BCUT2D eigenvalue weighted by molar-refractivity contribution is 5.91. The Labute approximate surface area is 159 Å². The largest absolute Gasteiger partial charge is 0.351 e. The normalized spacial score (nSPS) is 13.5. The van der Waals surface area contributed by atoms with Crippen molar-refractivity contribution in [3.63, 3.8) is 0 Å². The van der Waals surface area contributed by atoms with E-state index in [1.807, 2.05) is 42.5 Å². The molecule has 0 aliphatic carbocycles. The minimum absolute atomic E-state index is 0. The van der Waals surface area contributed by atoms with Crippen LogP contribution in [0.25, 0.3) is 10.8 Å². The average Bonchev–Trinajstić information content (AvgIpc) is 2.66. The lowest BCUT2D eigenvalue weighted by Gasteiger charge is -2.14. The zero-order valence-electron chi connectivity index (χ0n) is 14.6. The number of carbonyl (C=O) groups is 2. The molecule has 1 aliphatic rings. The van der Waals surface area contributed by atoms with Gasteiger partial charge in [0.2, 0.25) is 11.8 Å². The van der Waals surface area contributed by atoms with Crippen LogP contribution in [0.3, 0.4) is 0 Å². The van der Waals surface area contributed by atoms with Gasteiger partial charge in [0.25, 0.3) is 0 Å². The second-order valence-corrected chi connectivity index (χ2v) is 6.19. The van der Waals surface area contributed by atoms with Crippen molar-refractivity contribution in [1.82, 2.24) is 16.0 Å². The van der Waals surface area contributed by atoms with Gasteiger partial charge in [-0.3, -0.25) is 9.59 Å². The third-order valence-electron chi connectivity index (χ3n) is 4.35. The Morgan fingerprint density at radius 1 is 1.00 bits per heavy atom. The third-order valence-corrected chi connectivity index (χ3v) is 4.35. The number of hydrogen-bond acceptors (Lipinski definition) is 3. The van der Waals surface area contributed by atoms with E-state index in [0.29, 0.717) is 6.54 Å². The topological polar surface area (TPSA) is 70.2 Å². The zero-order chi connectivity index (χ0) is 17.5. The quantitative estimate of drug-likeness (QED) is 0.678. The fraction of sp³-hybridized carbons (Fsp3) is 0.300. The number of benzene rings is 2. The van der Waals surface area contributed by atoms with Gasteiger partial charge in [-0.15, -0.1) is 12.4 Å². The molecule has 3 rings (SSSR count). The molecule has 0 unspecified atom stereocenters. The number of rotatable bonds is 6. The summed E-state index contributed by atoms with van der Waals surface area (Å²) >= 11 is 0. The maximum atomic E-state index is 12.2. The molecule has 5 nitrogen and oxygen atoms in total. The van der Waals surface area contributed by atoms with Crippen molar-refractivity contribution in [2.24, 2.45) is 0 Å². The summed E-state index contributed by atoms with van der Waals surface area (Å²) in [6, 6.07) is 13.9. The number of carbonyl (C=O) groups excluding carboxylic acids is 2. The Balaban J connectivity index is 0.00000243. The summed E-state index contributed by atoms with van der Waals surface area (Å²) in [5.41, 5.74) is 2.20. The predicted molar refractivity (Wildman–Crippen MR) is 106 cm³/mol. The van der Waals surface area contributed by atoms with Gasteiger partial charge in [-0.1, -0.05) is 54.1 Å². The van der Waals surface area contributed by atoms with Gasteiger partial charge in [-0.2, -0.15) is 0 Å². The van der Waals surface area contributed by atoms with Crippen LogP contribution in [0, 0.1) is 0 Å². The summed E-state index contributed by atoms with van der Waals surface area (Å²) in [6.45, 7) is 2.37. The van der Waals surface area contributed by atoms with Crippen molar-refractivity contribution in [3.05, 3.63) is 59.7 Å². The molecule has 0 fully saturated rings. The Bertz CT molecular complexity index is 799. The van der Waals surface area contributed by atoms with Gasteiger partial charge in [0.05, 0.1) is 13.0 Å². The second-order valence-electron chi connectivity index (χ2n) is 6.19. The Kier molecular flexibility index (Phi) is 7.63. The van der Waals surface area contributed by atoms with Crippen LogP contribution in [0.15, 0.2) is 54.1 Å². The molecule has 0 aromatic heterocycles. The average molecular weight is 374 g/mol. The smallest absolute Gasteiger partial charge is 0.239 e. The molecular formula is C20H24ClN3O2. The van der Waals surface area contributed by atoms with Gasteiger partial charge in [0.15, 0.2) is 0 Å². The summed E-state index contributed by atoms with van der Waals surface area (Å²) < 4.78 is 0. The fourth-order valence-corrected chi connectivity index (χ4v) is 2.97. The lowest BCUT2D eigenvalue weighted by Crippen LogP contribution is -2.38. The highest BCUT2D eigenvalue weighted by atomic mass is 35.5. The van der Waals surface area contributed by atoms with E-state index >= 15 is 0 Å². The molecule has 2 aromatic rings.